The van der Waals surface area contributed by atoms with Gasteiger partial charge in [-0.15, -0.1) is 0 Å². The molecule has 0 atom stereocenters. The molecule has 0 aliphatic carbocycles. The van der Waals surface area contributed by atoms with E-state index in [4.69, 9.17) is 9.47 Å². The van der Waals surface area contributed by atoms with Gasteiger partial charge in [0.05, 0.1) is 22.5 Å². The predicted octanol–water partition coefficient (Wildman–Crippen LogP) is 3.46. The lowest BCUT2D eigenvalue weighted by Gasteiger charge is -2.10. The van der Waals surface area contributed by atoms with Crippen LogP contribution in [0.4, 0.5) is 5.69 Å². The molecule has 0 radical (unpaired) electrons. The number of esters is 1. The number of ether oxygens (including phenoxy) is 2. The van der Waals surface area contributed by atoms with Crippen LogP contribution in [0.15, 0.2) is 48.2 Å². The lowest BCUT2D eigenvalue weighted by atomic mass is 10.1. The van der Waals surface area contributed by atoms with Crippen molar-refractivity contribution in [2.24, 2.45) is 0 Å². The number of carbonyl (C=O) groups excluding carboxylic acids is 1. The van der Waals surface area contributed by atoms with Crippen LogP contribution in [0.1, 0.15) is 22.8 Å². The van der Waals surface area contributed by atoms with Crippen LogP contribution in [-0.2, 0) is 0 Å². The van der Waals surface area contributed by atoms with Gasteiger partial charge in [0.15, 0.2) is 11.5 Å². The fourth-order valence-corrected chi connectivity index (χ4v) is 2.03. The first-order chi connectivity index (χ1) is 12.3. The average molecular weight is 358 g/mol. The van der Waals surface area contributed by atoms with Crippen molar-refractivity contribution >= 4 is 17.7 Å². The molecule has 0 N–H and O–H groups in total. The molecule has 0 aliphatic heterocycles. The normalized spacial score (nSPS) is 10.9. The summed E-state index contributed by atoms with van der Waals surface area (Å²) in [6.45, 7) is 1.36. The molecule has 0 spiro atoms. The molecule has 0 fully saturated rings. The van der Waals surface area contributed by atoms with Crippen LogP contribution in [0.5, 0.6) is 11.5 Å². The van der Waals surface area contributed by atoms with E-state index in [0.29, 0.717) is 5.56 Å². The van der Waals surface area contributed by atoms with Crippen LogP contribution in [-0.4, -0.2) is 22.9 Å². The molecule has 134 valence electrons. The van der Waals surface area contributed by atoms with E-state index >= 15 is 0 Å². The zero-order chi connectivity index (χ0) is 19.3. The Kier molecular flexibility index (Phi) is 5.63. The van der Waals surface area contributed by atoms with Gasteiger partial charge in [0.25, 0.3) is 5.69 Å². The summed E-state index contributed by atoms with van der Waals surface area (Å²) in [4.78, 5) is 32.4. The molecule has 0 saturated heterocycles. The molecule has 0 bridgehead atoms. The average Bonchev–Trinajstić information content (AvgIpc) is 2.62. The number of non-ortho nitro benzene ring substituents is 1. The molecule has 0 saturated carbocycles. The van der Waals surface area contributed by atoms with E-state index in [1.165, 1.54) is 62.6 Å². The Labute approximate surface area is 147 Å². The minimum Gasteiger partial charge on any atom is -0.493 e. The smallest absolute Gasteiger partial charge is 0.343 e. The Balaban J connectivity index is 2.23. The molecule has 0 aromatic heterocycles. The number of nitro benzene ring substituents is 1. The van der Waals surface area contributed by atoms with Crippen LogP contribution in [0.3, 0.4) is 0 Å². The highest BCUT2D eigenvalue weighted by Crippen LogP contribution is 2.30. The molecule has 2 aromatic carbocycles. The molecule has 0 heterocycles. The summed E-state index contributed by atoms with van der Waals surface area (Å²) < 4.78 is 10.4. The van der Waals surface area contributed by atoms with E-state index in [2.05, 4.69) is 0 Å². The zero-order valence-corrected chi connectivity index (χ0v) is 13.9. The van der Waals surface area contributed by atoms with E-state index in [-0.39, 0.29) is 28.4 Å². The molecular weight excluding hydrogens is 344 g/mol. The first-order valence-electron chi connectivity index (χ1n) is 7.29. The van der Waals surface area contributed by atoms with Crippen LogP contribution >= 0.6 is 0 Å². The Hall–Kier alpha value is -3.75. The number of allylic oxidation sites excluding steroid dienone is 1. The Bertz CT molecular complexity index is 888. The lowest BCUT2D eigenvalue weighted by molar-refractivity contribution is -0.422. The number of nitro groups is 2. The van der Waals surface area contributed by atoms with Crippen molar-refractivity contribution in [3.05, 3.63) is 79.5 Å². The number of carbonyl (C=O) groups is 1. The molecule has 0 amide bonds. The summed E-state index contributed by atoms with van der Waals surface area (Å²) in [6, 6.07) is 9.43. The Morgan fingerprint density at radius 3 is 2.23 bits per heavy atom. The van der Waals surface area contributed by atoms with Crippen molar-refractivity contribution < 1.29 is 24.1 Å². The second-order valence-electron chi connectivity index (χ2n) is 5.15. The van der Waals surface area contributed by atoms with Crippen molar-refractivity contribution in [2.45, 2.75) is 6.92 Å². The fourth-order valence-electron chi connectivity index (χ4n) is 2.03. The second-order valence-corrected chi connectivity index (χ2v) is 5.15. The van der Waals surface area contributed by atoms with Crippen LogP contribution < -0.4 is 9.47 Å². The number of hydrogen-bond acceptors (Lipinski definition) is 7. The largest absolute Gasteiger partial charge is 0.493 e. The Morgan fingerprint density at radius 2 is 1.69 bits per heavy atom. The first kappa shape index (κ1) is 18.6. The molecular formula is C17H14N2O7. The predicted molar refractivity (Wildman–Crippen MR) is 91.7 cm³/mol. The molecule has 0 aliphatic rings. The minimum atomic E-state index is -0.719. The number of hydrogen-bond donors (Lipinski definition) is 0. The molecule has 2 aromatic rings. The third kappa shape index (κ3) is 4.41. The maximum Gasteiger partial charge on any atom is 0.343 e. The van der Waals surface area contributed by atoms with E-state index in [9.17, 15) is 25.0 Å². The standard InChI is InChI=1S/C17H14N2O7/c1-11(18(21)22)9-12-3-8-15(16(10-12)25-2)26-17(20)13-4-6-14(7-5-13)19(23)24/h3-10H,1-2H3/b11-9-. The molecule has 0 unspecified atom stereocenters. The first-order valence-corrected chi connectivity index (χ1v) is 7.29. The Morgan fingerprint density at radius 1 is 1.04 bits per heavy atom. The number of benzene rings is 2. The van der Waals surface area contributed by atoms with E-state index in [1.54, 1.807) is 0 Å². The van der Waals surface area contributed by atoms with Gasteiger partial charge in [0.1, 0.15) is 0 Å². The SMILES string of the molecule is COc1cc(/C=C(/C)[N+](=O)[O-])ccc1OC(=O)c1ccc([N+](=O)[O-])cc1. The highest BCUT2D eigenvalue weighted by atomic mass is 16.6. The van der Waals surface area contributed by atoms with Gasteiger partial charge in [0.2, 0.25) is 5.70 Å². The highest BCUT2D eigenvalue weighted by Gasteiger charge is 2.15. The molecule has 9 heteroatoms. The monoisotopic (exact) mass is 358 g/mol. The minimum absolute atomic E-state index is 0.0531. The van der Waals surface area contributed by atoms with E-state index in [1.807, 2.05) is 0 Å². The van der Waals surface area contributed by atoms with Crippen molar-refractivity contribution in [3.8, 4) is 11.5 Å². The quantitative estimate of drug-likeness (QED) is 0.335. The number of rotatable bonds is 6. The van der Waals surface area contributed by atoms with Gasteiger partial charge in [0, 0.05) is 25.1 Å². The van der Waals surface area contributed by atoms with E-state index < -0.39 is 15.8 Å². The molecule has 9 nitrogen and oxygen atoms in total. The number of methoxy groups -OCH3 is 1. The van der Waals surface area contributed by atoms with Crippen LogP contribution in [0.25, 0.3) is 6.08 Å². The third-order valence-electron chi connectivity index (χ3n) is 3.37. The second kappa shape index (κ2) is 7.88. The van der Waals surface area contributed by atoms with Crippen LogP contribution in [0.2, 0.25) is 0 Å². The van der Waals surface area contributed by atoms with Gasteiger partial charge in [-0.1, -0.05) is 6.07 Å². The van der Waals surface area contributed by atoms with Crippen molar-refractivity contribution in [1.29, 1.82) is 0 Å². The van der Waals surface area contributed by atoms with Crippen LogP contribution in [0, 0.1) is 20.2 Å². The van der Waals surface area contributed by atoms with Gasteiger partial charge in [-0.2, -0.15) is 0 Å². The summed E-state index contributed by atoms with van der Waals surface area (Å²) >= 11 is 0. The van der Waals surface area contributed by atoms with Crippen molar-refractivity contribution in [2.75, 3.05) is 7.11 Å². The van der Waals surface area contributed by atoms with E-state index in [0.717, 1.165) is 0 Å². The zero-order valence-electron chi connectivity index (χ0n) is 13.9. The van der Waals surface area contributed by atoms with Gasteiger partial charge in [-0.25, -0.2) is 4.79 Å². The number of nitrogens with zero attached hydrogens (tertiary/aromatic N) is 2. The van der Waals surface area contributed by atoms with Gasteiger partial charge >= 0.3 is 5.97 Å². The maximum absolute atomic E-state index is 12.2. The molecule has 26 heavy (non-hydrogen) atoms. The highest BCUT2D eigenvalue weighted by molar-refractivity contribution is 5.91. The summed E-state index contributed by atoms with van der Waals surface area (Å²) in [5.41, 5.74) is 0.441. The maximum atomic E-state index is 12.2. The summed E-state index contributed by atoms with van der Waals surface area (Å²) in [5, 5.41) is 21.3. The van der Waals surface area contributed by atoms with Gasteiger partial charge in [-0.05, 0) is 29.8 Å². The van der Waals surface area contributed by atoms with Gasteiger partial charge < -0.3 is 9.47 Å². The molecule has 2 rings (SSSR count). The lowest BCUT2D eigenvalue weighted by Crippen LogP contribution is -2.09. The third-order valence-corrected chi connectivity index (χ3v) is 3.37. The summed E-state index contributed by atoms with van der Waals surface area (Å²) in [5.74, 6) is -0.389. The van der Waals surface area contributed by atoms with Crippen molar-refractivity contribution in [1.82, 2.24) is 0 Å². The van der Waals surface area contributed by atoms with Gasteiger partial charge in [-0.3, -0.25) is 20.2 Å². The topological polar surface area (TPSA) is 122 Å². The summed E-state index contributed by atoms with van der Waals surface area (Å²) in [6.07, 6.45) is 1.35. The fraction of sp³-hybridized carbons (Fsp3) is 0.118. The van der Waals surface area contributed by atoms with Crippen molar-refractivity contribution in [3.63, 3.8) is 0 Å². The summed E-state index contributed by atoms with van der Waals surface area (Å²) in [7, 11) is 1.37.